The third-order valence-corrected chi connectivity index (χ3v) is 6.62. The normalized spacial score (nSPS) is 11.1. The molecule has 0 saturated heterocycles. The number of ether oxygens (including phenoxy) is 1. The van der Waals surface area contributed by atoms with Crippen LogP contribution >= 0.6 is 27.3 Å². The standard InChI is InChI=1S/C18H12BrNO7S2/c1-26-18(21)13-10-12(5-6-15(13)19)29(24,25)27-16-7-4-11(20(22)23)9-14(16)17-3-2-8-28-17/h2-10H,1H3. The smallest absolute Gasteiger partial charge is 0.339 e. The van der Waals surface area contributed by atoms with Gasteiger partial charge in [-0.1, -0.05) is 6.07 Å². The van der Waals surface area contributed by atoms with E-state index >= 15 is 0 Å². The molecule has 0 unspecified atom stereocenters. The molecule has 0 bridgehead atoms. The molecule has 1 heterocycles. The van der Waals surface area contributed by atoms with E-state index in [2.05, 4.69) is 20.7 Å². The second kappa shape index (κ2) is 8.31. The van der Waals surface area contributed by atoms with Crippen molar-refractivity contribution < 1.29 is 27.1 Å². The van der Waals surface area contributed by atoms with Crippen LogP contribution < -0.4 is 4.18 Å². The van der Waals surface area contributed by atoms with Gasteiger partial charge in [0.15, 0.2) is 5.75 Å². The molecule has 3 rings (SSSR count). The van der Waals surface area contributed by atoms with Crippen molar-refractivity contribution in [3.05, 3.63) is 74.1 Å². The number of non-ortho nitro benzene ring substituents is 1. The third kappa shape index (κ3) is 4.47. The molecule has 0 radical (unpaired) electrons. The molecule has 150 valence electrons. The minimum Gasteiger partial charge on any atom is -0.465 e. The lowest BCUT2D eigenvalue weighted by Gasteiger charge is -2.12. The van der Waals surface area contributed by atoms with Crippen LogP contribution in [-0.4, -0.2) is 26.4 Å². The number of benzene rings is 2. The van der Waals surface area contributed by atoms with Crippen LogP contribution in [0.25, 0.3) is 10.4 Å². The summed E-state index contributed by atoms with van der Waals surface area (Å²) >= 11 is 4.44. The molecule has 0 amide bonds. The minimum absolute atomic E-state index is 0.0133. The van der Waals surface area contributed by atoms with Crippen molar-refractivity contribution in [2.45, 2.75) is 4.90 Å². The number of carbonyl (C=O) groups is 1. The summed E-state index contributed by atoms with van der Waals surface area (Å²) in [4.78, 5) is 22.7. The molecule has 0 atom stereocenters. The predicted octanol–water partition coefficient (Wildman–Crippen LogP) is 4.64. The molecule has 0 aliphatic heterocycles. The van der Waals surface area contributed by atoms with Crippen molar-refractivity contribution in [3.8, 4) is 16.2 Å². The molecule has 11 heteroatoms. The summed E-state index contributed by atoms with van der Waals surface area (Å²) in [5.41, 5.74) is 0.0807. The van der Waals surface area contributed by atoms with E-state index in [4.69, 9.17) is 4.18 Å². The van der Waals surface area contributed by atoms with E-state index < -0.39 is 21.0 Å². The first-order valence-corrected chi connectivity index (χ1v) is 11.0. The number of hydrogen-bond acceptors (Lipinski definition) is 8. The van der Waals surface area contributed by atoms with Crippen LogP contribution in [0, 0.1) is 10.1 Å². The molecule has 1 aromatic heterocycles. The quantitative estimate of drug-likeness (QED) is 0.211. The lowest BCUT2D eigenvalue weighted by molar-refractivity contribution is -0.384. The van der Waals surface area contributed by atoms with Crippen LogP contribution in [0.3, 0.4) is 0 Å². The van der Waals surface area contributed by atoms with Gasteiger partial charge in [0, 0.05) is 27.0 Å². The van der Waals surface area contributed by atoms with Gasteiger partial charge in [-0.25, -0.2) is 4.79 Å². The van der Waals surface area contributed by atoms with Gasteiger partial charge in [0.25, 0.3) is 5.69 Å². The van der Waals surface area contributed by atoms with Gasteiger partial charge in [-0.15, -0.1) is 11.3 Å². The van der Waals surface area contributed by atoms with Crippen LogP contribution in [0.2, 0.25) is 0 Å². The van der Waals surface area contributed by atoms with Crippen LogP contribution in [-0.2, 0) is 14.9 Å². The van der Waals surface area contributed by atoms with Gasteiger partial charge in [0.05, 0.1) is 17.6 Å². The summed E-state index contributed by atoms with van der Waals surface area (Å²) in [6, 6.07) is 10.8. The molecule has 0 fully saturated rings. The maximum absolute atomic E-state index is 12.8. The zero-order chi connectivity index (χ0) is 21.2. The largest absolute Gasteiger partial charge is 0.465 e. The first-order chi connectivity index (χ1) is 13.7. The average Bonchev–Trinajstić information content (AvgIpc) is 3.22. The molecular formula is C18H12BrNO7S2. The van der Waals surface area contributed by atoms with Crippen molar-refractivity contribution >= 4 is 49.0 Å². The maximum Gasteiger partial charge on any atom is 0.339 e. The van der Waals surface area contributed by atoms with Gasteiger partial charge in [-0.2, -0.15) is 8.42 Å². The number of nitro benzene ring substituents is 1. The van der Waals surface area contributed by atoms with Gasteiger partial charge >= 0.3 is 16.1 Å². The van der Waals surface area contributed by atoms with Gasteiger partial charge in [-0.3, -0.25) is 10.1 Å². The van der Waals surface area contributed by atoms with E-state index in [1.165, 1.54) is 42.7 Å². The highest BCUT2D eigenvalue weighted by atomic mass is 79.9. The highest BCUT2D eigenvalue weighted by molar-refractivity contribution is 9.10. The summed E-state index contributed by atoms with van der Waals surface area (Å²) in [7, 11) is -3.16. The summed E-state index contributed by atoms with van der Waals surface area (Å²) in [5.74, 6) is -0.788. The van der Waals surface area contributed by atoms with Crippen molar-refractivity contribution in [2.24, 2.45) is 0 Å². The van der Waals surface area contributed by atoms with Crippen LogP contribution in [0.1, 0.15) is 10.4 Å². The van der Waals surface area contributed by atoms with E-state index in [0.717, 1.165) is 12.1 Å². The molecule has 3 aromatic rings. The Bertz CT molecular complexity index is 1190. The number of carbonyl (C=O) groups excluding carboxylic acids is 1. The number of thiophene rings is 1. The number of methoxy groups -OCH3 is 1. The predicted molar refractivity (Wildman–Crippen MR) is 110 cm³/mol. The molecule has 2 aromatic carbocycles. The number of hydrogen-bond donors (Lipinski definition) is 0. The first kappa shape index (κ1) is 21.0. The fraction of sp³-hybridized carbons (Fsp3) is 0.0556. The molecule has 8 nitrogen and oxygen atoms in total. The molecular weight excluding hydrogens is 486 g/mol. The Balaban J connectivity index is 2.05. The van der Waals surface area contributed by atoms with E-state index in [9.17, 15) is 23.3 Å². The molecule has 0 spiro atoms. The SMILES string of the molecule is COC(=O)c1cc(S(=O)(=O)Oc2ccc([N+](=O)[O-])cc2-c2cccs2)ccc1Br. The summed E-state index contributed by atoms with van der Waals surface area (Å²) < 4.78 is 35.9. The number of esters is 1. The Morgan fingerprint density at radius 3 is 2.55 bits per heavy atom. The van der Waals surface area contributed by atoms with Gasteiger partial charge in [-0.05, 0) is 51.6 Å². The molecule has 0 aliphatic carbocycles. The third-order valence-electron chi connectivity index (χ3n) is 3.79. The first-order valence-electron chi connectivity index (χ1n) is 7.87. The zero-order valence-electron chi connectivity index (χ0n) is 14.7. The Kier molecular flexibility index (Phi) is 6.01. The summed E-state index contributed by atoms with van der Waals surface area (Å²) in [5, 5.41) is 12.9. The zero-order valence-corrected chi connectivity index (χ0v) is 17.9. The van der Waals surface area contributed by atoms with Gasteiger partial charge < -0.3 is 8.92 Å². The number of rotatable bonds is 6. The Labute approximate surface area is 178 Å². The Morgan fingerprint density at radius 2 is 1.93 bits per heavy atom. The van der Waals surface area contributed by atoms with Gasteiger partial charge in [0.1, 0.15) is 4.90 Å². The summed E-state index contributed by atoms with van der Waals surface area (Å²) in [6.07, 6.45) is 0. The second-order valence-corrected chi connectivity index (χ2v) is 8.93. The van der Waals surface area contributed by atoms with E-state index in [1.807, 2.05) is 0 Å². The maximum atomic E-state index is 12.8. The van der Waals surface area contributed by atoms with Crippen molar-refractivity contribution in [1.82, 2.24) is 0 Å². The lowest BCUT2D eigenvalue weighted by atomic mass is 10.1. The van der Waals surface area contributed by atoms with E-state index in [1.54, 1.807) is 17.5 Å². The fourth-order valence-corrected chi connectivity index (χ4v) is 4.55. The van der Waals surface area contributed by atoms with E-state index in [-0.39, 0.29) is 27.5 Å². The highest BCUT2D eigenvalue weighted by Crippen LogP contribution is 2.37. The Morgan fingerprint density at radius 1 is 1.17 bits per heavy atom. The van der Waals surface area contributed by atoms with Crippen molar-refractivity contribution in [3.63, 3.8) is 0 Å². The van der Waals surface area contributed by atoms with Crippen LogP contribution in [0.5, 0.6) is 5.75 Å². The van der Waals surface area contributed by atoms with Crippen LogP contribution in [0.4, 0.5) is 5.69 Å². The van der Waals surface area contributed by atoms with Crippen LogP contribution in [0.15, 0.2) is 63.3 Å². The monoisotopic (exact) mass is 497 g/mol. The van der Waals surface area contributed by atoms with Crippen molar-refractivity contribution in [2.75, 3.05) is 7.11 Å². The van der Waals surface area contributed by atoms with Crippen molar-refractivity contribution in [1.29, 1.82) is 0 Å². The minimum atomic E-state index is -4.33. The number of halogens is 1. The fourth-order valence-electron chi connectivity index (χ4n) is 2.42. The van der Waals surface area contributed by atoms with E-state index in [0.29, 0.717) is 9.35 Å². The Hall–Kier alpha value is -2.76. The summed E-state index contributed by atoms with van der Waals surface area (Å²) in [6.45, 7) is 0. The topological polar surface area (TPSA) is 113 Å². The molecule has 0 aliphatic rings. The lowest BCUT2D eigenvalue weighted by Crippen LogP contribution is -2.12. The van der Waals surface area contributed by atoms with Gasteiger partial charge in [0.2, 0.25) is 0 Å². The number of nitrogens with zero attached hydrogens (tertiary/aromatic N) is 1. The molecule has 29 heavy (non-hydrogen) atoms. The second-order valence-electron chi connectivity index (χ2n) is 5.59. The molecule has 0 N–H and O–H groups in total. The number of nitro groups is 1. The average molecular weight is 498 g/mol. The highest BCUT2D eigenvalue weighted by Gasteiger charge is 2.24. The molecule has 0 saturated carbocycles.